The van der Waals surface area contributed by atoms with Gasteiger partial charge in [0.15, 0.2) is 11.5 Å². The SMILES string of the molecule is CCOc1cc(CN2CCC(O)(c3cccc(C)c3)CC2)c(C)cc1OC. The Morgan fingerprint density at radius 1 is 1.07 bits per heavy atom. The predicted molar refractivity (Wildman–Crippen MR) is 108 cm³/mol. The van der Waals surface area contributed by atoms with Crippen LogP contribution in [0.3, 0.4) is 0 Å². The number of likely N-dealkylation sites (tertiary alicyclic amines) is 1. The molecule has 1 fully saturated rings. The summed E-state index contributed by atoms with van der Waals surface area (Å²) in [6, 6.07) is 12.4. The second kappa shape index (κ2) is 8.32. The minimum absolute atomic E-state index is 0.617. The van der Waals surface area contributed by atoms with Gasteiger partial charge in [0.1, 0.15) is 0 Å². The summed E-state index contributed by atoms with van der Waals surface area (Å²) in [5.74, 6) is 1.58. The van der Waals surface area contributed by atoms with Crippen LogP contribution in [0.15, 0.2) is 36.4 Å². The zero-order valence-corrected chi connectivity index (χ0v) is 16.9. The molecule has 1 saturated heterocycles. The van der Waals surface area contributed by atoms with Gasteiger partial charge in [-0.25, -0.2) is 0 Å². The molecular formula is C23H31NO3. The van der Waals surface area contributed by atoms with Crippen LogP contribution in [0.1, 0.15) is 42.0 Å². The van der Waals surface area contributed by atoms with E-state index in [1.165, 1.54) is 16.7 Å². The maximum Gasteiger partial charge on any atom is 0.161 e. The lowest BCUT2D eigenvalue weighted by Gasteiger charge is -2.39. The normalized spacial score (nSPS) is 16.9. The van der Waals surface area contributed by atoms with Crippen LogP contribution in [0.5, 0.6) is 11.5 Å². The molecule has 2 aromatic carbocycles. The fourth-order valence-electron chi connectivity index (χ4n) is 3.85. The van der Waals surface area contributed by atoms with E-state index in [1.807, 2.05) is 25.1 Å². The number of aliphatic hydroxyl groups is 1. The number of nitrogens with zero attached hydrogens (tertiary/aromatic N) is 1. The van der Waals surface area contributed by atoms with E-state index in [-0.39, 0.29) is 0 Å². The third-order valence-corrected chi connectivity index (χ3v) is 5.55. The van der Waals surface area contributed by atoms with Crippen LogP contribution >= 0.6 is 0 Å². The number of aryl methyl sites for hydroxylation is 2. The van der Waals surface area contributed by atoms with Crippen LogP contribution < -0.4 is 9.47 Å². The highest BCUT2D eigenvalue weighted by atomic mass is 16.5. The molecule has 2 aromatic rings. The molecule has 1 N–H and O–H groups in total. The summed E-state index contributed by atoms with van der Waals surface area (Å²) in [7, 11) is 1.67. The van der Waals surface area contributed by atoms with Crippen LogP contribution in [-0.2, 0) is 12.1 Å². The minimum Gasteiger partial charge on any atom is -0.493 e. The first-order valence-corrected chi connectivity index (χ1v) is 9.77. The number of hydrogen-bond acceptors (Lipinski definition) is 4. The lowest BCUT2D eigenvalue weighted by Crippen LogP contribution is -2.42. The second-order valence-electron chi connectivity index (χ2n) is 7.54. The molecule has 27 heavy (non-hydrogen) atoms. The van der Waals surface area contributed by atoms with Crippen molar-refractivity contribution in [3.05, 3.63) is 58.7 Å². The lowest BCUT2D eigenvalue weighted by atomic mass is 9.83. The first-order chi connectivity index (χ1) is 12.9. The molecule has 4 nitrogen and oxygen atoms in total. The Labute approximate surface area is 162 Å². The molecule has 0 radical (unpaired) electrons. The van der Waals surface area contributed by atoms with E-state index in [9.17, 15) is 5.11 Å². The first kappa shape index (κ1) is 19.7. The third kappa shape index (κ3) is 4.45. The summed E-state index contributed by atoms with van der Waals surface area (Å²) in [6.45, 7) is 9.40. The predicted octanol–water partition coefficient (Wildman–Crippen LogP) is 4.19. The van der Waals surface area contributed by atoms with Crippen LogP contribution in [0.25, 0.3) is 0 Å². The molecule has 0 amide bonds. The molecular weight excluding hydrogens is 338 g/mol. The van der Waals surface area contributed by atoms with Gasteiger partial charge in [-0.05, 0) is 62.4 Å². The van der Waals surface area contributed by atoms with E-state index in [2.05, 4.69) is 36.9 Å². The Morgan fingerprint density at radius 2 is 1.81 bits per heavy atom. The van der Waals surface area contributed by atoms with Gasteiger partial charge < -0.3 is 14.6 Å². The molecule has 1 aliphatic heterocycles. The zero-order chi connectivity index (χ0) is 19.4. The van der Waals surface area contributed by atoms with Gasteiger partial charge in [-0.15, -0.1) is 0 Å². The number of piperidine rings is 1. The molecule has 0 unspecified atom stereocenters. The van der Waals surface area contributed by atoms with Gasteiger partial charge in [0.25, 0.3) is 0 Å². The number of rotatable bonds is 6. The molecule has 146 valence electrons. The Kier molecular flexibility index (Phi) is 6.08. The number of hydrogen-bond donors (Lipinski definition) is 1. The quantitative estimate of drug-likeness (QED) is 0.829. The highest BCUT2D eigenvalue weighted by Gasteiger charge is 2.34. The smallest absolute Gasteiger partial charge is 0.161 e. The molecule has 1 aliphatic rings. The van der Waals surface area contributed by atoms with Crippen molar-refractivity contribution in [1.29, 1.82) is 0 Å². The summed E-state index contributed by atoms with van der Waals surface area (Å²) in [5, 5.41) is 11.1. The fourth-order valence-corrected chi connectivity index (χ4v) is 3.85. The van der Waals surface area contributed by atoms with Gasteiger partial charge in [-0.1, -0.05) is 29.8 Å². The second-order valence-corrected chi connectivity index (χ2v) is 7.54. The van der Waals surface area contributed by atoms with Crippen molar-refractivity contribution >= 4 is 0 Å². The van der Waals surface area contributed by atoms with Gasteiger partial charge in [0, 0.05) is 19.6 Å². The molecule has 3 rings (SSSR count). The number of ether oxygens (including phenoxy) is 2. The molecule has 0 spiro atoms. The maximum absolute atomic E-state index is 11.1. The molecule has 1 heterocycles. The van der Waals surface area contributed by atoms with Crippen LogP contribution in [0.2, 0.25) is 0 Å². The Balaban J connectivity index is 1.69. The van der Waals surface area contributed by atoms with Gasteiger partial charge in [0.2, 0.25) is 0 Å². The van der Waals surface area contributed by atoms with Crippen molar-refractivity contribution in [2.75, 3.05) is 26.8 Å². The van der Waals surface area contributed by atoms with E-state index in [0.717, 1.165) is 49.5 Å². The Bertz CT molecular complexity index is 779. The first-order valence-electron chi connectivity index (χ1n) is 9.77. The molecule has 0 atom stereocenters. The minimum atomic E-state index is -0.714. The Hall–Kier alpha value is -2.04. The fraction of sp³-hybridized carbons (Fsp3) is 0.478. The van der Waals surface area contributed by atoms with Crippen molar-refractivity contribution in [2.45, 2.75) is 45.8 Å². The molecule has 0 bridgehead atoms. The van der Waals surface area contributed by atoms with Crippen molar-refractivity contribution in [3.8, 4) is 11.5 Å². The van der Waals surface area contributed by atoms with Crippen molar-refractivity contribution < 1.29 is 14.6 Å². The van der Waals surface area contributed by atoms with E-state index >= 15 is 0 Å². The zero-order valence-electron chi connectivity index (χ0n) is 16.9. The van der Waals surface area contributed by atoms with E-state index < -0.39 is 5.60 Å². The summed E-state index contributed by atoms with van der Waals surface area (Å²) < 4.78 is 11.2. The maximum atomic E-state index is 11.1. The standard InChI is InChI=1S/C23H31NO3/c1-5-27-22-15-19(18(3)14-21(22)26-4)16-24-11-9-23(25,10-12-24)20-8-6-7-17(2)13-20/h6-8,13-15,25H,5,9-12,16H2,1-4H3. The third-order valence-electron chi connectivity index (χ3n) is 5.55. The average Bonchev–Trinajstić information content (AvgIpc) is 2.66. The summed E-state index contributed by atoms with van der Waals surface area (Å²) in [5.41, 5.74) is 3.98. The monoisotopic (exact) mass is 369 g/mol. The lowest BCUT2D eigenvalue weighted by molar-refractivity contribution is -0.0278. The molecule has 4 heteroatoms. The Morgan fingerprint density at radius 3 is 2.44 bits per heavy atom. The highest BCUT2D eigenvalue weighted by Crippen LogP contribution is 2.35. The van der Waals surface area contributed by atoms with Gasteiger partial charge >= 0.3 is 0 Å². The van der Waals surface area contributed by atoms with E-state index in [0.29, 0.717) is 6.61 Å². The van der Waals surface area contributed by atoms with Crippen LogP contribution in [0.4, 0.5) is 0 Å². The van der Waals surface area contributed by atoms with Crippen LogP contribution in [0, 0.1) is 13.8 Å². The largest absolute Gasteiger partial charge is 0.493 e. The number of methoxy groups -OCH3 is 1. The van der Waals surface area contributed by atoms with Crippen molar-refractivity contribution in [2.24, 2.45) is 0 Å². The molecule has 0 aliphatic carbocycles. The summed E-state index contributed by atoms with van der Waals surface area (Å²) in [4.78, 5) is 2.41. The molecule has 0 aromatic heterocycles. The topological polar surface area (TPSA) is 41.9 Å². The summed E-state index contributed by atoms with van der Waals surface area (Å²) in [6.07, 6.45) is 1.51. The van der Waals surface area contributed by atoms with Gasteiger partial charge in [-0.3, -0.25) is 4.90 Å². The van der Waals surface area contributed by atoms with E-state index in [4.69, 9.17) is 9.47 Å². The van der Waals surface area contributed by atoms with Gasteiger partial charge in [-0.2, -0.15) is 0 Å². The average molecular weight is 370 g/mol. The highest BCUT2D eigenvalue weighted by molar-refractivity contribution is 5.47. The van der Waals surface area contributed by atoms with Gasteiger partial charge in [0.05, 0.1) is 19.3 Å². The molecule has 0 saturated carbocycles. The van der Waals surface area contributed by atoms with E-state index in [1.54, 1.807) is 7.11 Å². The van der Waals surface area contributed by atoms with Crippen molar-refractivity contribution in [3.63, 3.8) is 0 Å². The van der Waals surface area contributed by atoms with Crippen molar-refractivity contribution in [1.82, 2.24) is 4.90 Å². The summed E-state index contributed by atoms with van der Waals surface area (Å²) >= 11 is 0. The van der Waals surface area contributed by atoms with Crippen LogP contribution in [-0.4, -0.2) is 36.8 Å². The number of benzene rings is 2.